The largest absolute Gasteiger partial charge is 0.468 e. The lowest BCUT2D eigenvalue weighted by Crippen LogP contribution is -2.55. The van der Waals surface area contributed by atoms with Gasteiger partial charge in [-0.3, -0.25) is 9.69 Å². The van der Waals surface area contributed by atoms with Crippen LogP contribution in [0.3, 0.4) is 0 Å². The van der Waals surface area contributed by atoms with E-state index in [2.05, 4.69) is 35.9 Å². The number of hydrogen-bond donors (Lipinski definition) is 1. The van der Waals surface area contributed by atoms with Crippen molar-refractivity contribution in [2.24, 2.45) is 5.92 Å². The molecule has 0 aromatic rings. The average molecular weight is 299 g/mol. The number of methoxy groups -OCH3 is 1. The van der Waals surface area contributed by atoms with Crippen molar-refractivity contribution < 1.29 is 9.53 Å². The number of likely N-dealkylation sites (N-methyl/N-ethyl adjacent to an activating group) is 1. The van der Waals surface area contributed by atoms with Gasteiger partial charge >= 0.3 is 5.97 Å². The summed E-state index contributed by atoms with van der Waals surface area (Å²) in [6.07, 6.45) is 0.764. The van der Waals surface area contributed by atoms with Gasteiger partial charge in [0, 0.05) is 38.8 Å². The number of hydrogen-bond acceptors (Lipinski definition) is 5. The van der Waals surface area contributed by atoms with Gasteiger partial charge in [0.2, 0.25) is 0 Å². The van der Waals surface area contributed by atoms with Crippen molar-refractivity contribution in [3.63, 3.8) is 0 Å². The molecule has 0 aliphatic carbocycles. The lowest BCUT2D eigenvalue weighted by atomic mass is 9.92. The Hall–Kier alpha value is -0.650. The Morgan fingerprint density at radius 1 is 1.24 bits per heavy atom. The molecule has 0 amide bonds. The summed E-state index contributed by atoms with van der Waals surface area (Å²) in [4.78, 5) is 17.0. The molecule has 1 aliphatic heterocycles. The predicted molar refractivity (Wildman–Crippen MR) is 86.4 cm³/mol. The van der Waals surface area contributed by atoms with Crippen molar-refractivity contribution in [2.75, 3.05) is 46.9 Å². The van der Waals surface area contributed by atoms with E-state index in [1.54, 1.807) is 0 Å². The molecule has 1 saturated heterocycles. The SMILES string of the molecule is CNC(C)(CC(C)N1CCN(CC(C)C)CC1)C(=O)OC. The first-order valence-electron chi connectivity index (χ1n) is 8.06. The second kappa shape index (κ2) is 8.11. The minimum Gasteiger partial charge on any atom is -0.468 e. The molecule has 1 aliphatic rings. The highest BCUT2D eigenvalue weighted by atomic mass is 16.5. The van der Waals surface area contributed by atoms with Gasteiger partial charge in [-0.25, -0.2) is 0 Å². The van der Waals surface area contributed by atoms with Crippen molar-refractivity contribution in [2.45, 2.75) is 45.7 Å². The molecule has 1 heterocycles. The Labute approximate surface area is 130 Å². The zero-order valence-corrected chi connectivity index (χ0v) is 14.6. The number of piperazine rings is 1. The first-order valence-corrected chi connectivity index (χ1v) is 8.06. The molecule has 0 aromatic carbocycles. The van der Waals surface area contributed by atoms with Crippen molar-refractivity contribution in [1.82, 2.24) is 15.1 Å². The predicted octanol–water partition coefficient (Wildman–Crippen LogP) is 1.19. The third-order valence-electron chi connectivity index (χ3n) is 4.54. The Kier molecular flexibility index (Phi) is 7.10. The molecule has 124 valence electrons. The third-order valence-corrected chi connectivity index (χ3v) is 4.54. The number of nitrogens with one attached hydrogen (secondary N) is 1. The maximum atomic E-state index is 11.9. The Morgan fingerprint density at radius 3 is 2.24 bits per heavy atom. The first-order chi connectivity index (χ1) is 9.82. The smallest absolute Gasteiger partial charge is 0.325 e. The van der Waals surface area contributed by atoms with Gasteiger partial charge < -0.3 is 15.0 Å². The van der Waals surface area contributed by atoms with Crippen LogP contribution in [0.25, 0.3) is 0 Å². The van der Waals surface area contributed by atoms with Crippen LogP contribution in [0.4, 0.5) is 0 Å². The molecule has 0 aromatic heterocycles. The highest BCUT2D eigenvalue weighted by Crippen LogP contribution is 2.19. The average Bonchev–Trinajstić information content (AvgIpc) is 2.46. The van der Waals surface area contributed by atoms with Crippen molar-refractivity contribution in [3.05, 3.63) is 0 Å². The standard InChI is InChI=1S/C16H33N3O2/c1-13(2)12-18-7-9-19(10-8-18)14(3)11-16(4,17-5)15(20)21-6/h13-14,17H,7-12H2,1-6H3. The summed E-state index contributed by atoms with van der Waals surface area (Å²) in [6, 6.07) is 0.364. The molecular formula is C16H33N3O2. The van der Waals surface area contributed by atoms with Crippen LogP contribution in [0.5, 0.6) is 0 Å². The minimum absolute atomic E-state index is 0.185. The molecule has 1 rings (SSSR count). The number of rotatable bonds is 7. The van der Waals surface area contributed by atoms with E-state index in [0.29, 0.717) is 6.04 Å². The molecular weight excluding hydrogens is 266 g/mol. The van der Waals surface area contributed by atoms with E-state index in [9.17, 15) is 4.79 Å². The summed E-state index contributed by atoms with van der Waals surface area (Å²) >= 11 is 0. The van der Waals surface area contributed by atoms with E-state index in [1.807, 2.05) is 14.0 Å². The van der Waals surface area contributed by atoms with E-state index >= 15 is 0 Å². The van der Waals surface area contributed by atoms with Gasteiger partial charge in [-0.1, -0.05) is 13.8 Å². The van der Waals surface area contributed by atoms with Crippen molar-refractivity contribution in [1.29, 1.82) is 0 Å². The second-order valence-corrected chi connectivity index (χ2v) is 6.86. The third kappa shape index (κ3) is 5.24. The molecule has 0 spiro atoms. The molecule has 1 N–H and O–H groups in total. The number of esters is 1. The van der Waals surface area contributed by atoms with Gasteiger partial charge in [-0.05, 0) is 33.2 Å². The molecule has 0 saturated carbocycles. The Morgan fingerprint density at radius 2 is 1.81 bits per heavy atom. The second-order valence-electron chi connectivity index (χ2n) is 6.86. The first kappa shape index (κ1) is 18.4. The van der Waals surface area contributed by atoms with Gasteiger partial charge in [0.05, 0.1) is 7.11 Å². The van der Waals surface area contributed by atoms with Crippen LogP contribution < -0.4 is 5.32 Å². The van der Waals surface area contributed by atoms with Crippen LogP contribution in [0, 0.1) is 5.92 Å². The summed E-state index contributed by atoms with van der Waals surface area (Å²) in [5.74, 6) is 0.538. The van der Waals surface area contributed by atoms with E-state index < -0.39 is 5.54 Å². The zero-order valence-electron chi connectivity index (χ0n) is 14.6. The fourth-order valence-electron chi connectivity index (χ4n) is 3.14. The Bertz CT molecular complexity index is 327. The van der Waals surface area contributed by atoms with Crippen LogP contribution in [0.1, 0.15) is 34.1 Å². The van der Waals surface area contributed by atoms with Gasteiger partial charge in [0.1, 0.15) is 5.54 Å². The quantitative estimate of drug-likeness (QED) is 0.716. The monoisotopic (exact) mass is 299 g/mol. The molecule has 1 fully saturated rings. The van der Waals surface area contributed by atoms with E-state index in [4.69, 9.17) is 4.74 Å². The number of nitrogens with zero attached hydrogens (tertiary/aromatic N) is 2. The van der Waals surface area contributed by atoms with Crippen LogP contribution in [-0.2, 0) is 9.53 Å². The van der Waals surface area contributed by atoms with Crippen LogP contribution in [0.15, 0.2) is 0 Å². The van der Waals surface area contributed by atoms with Crippen molar-refractivity contribution in [3.8, 4) is 0 Å². The van der Waals surface area contributed by atoms with Crippen LogP contribution >= 0.6 is 0 Å². The lowest BCUT2D eigenvalue weighted by Gasteiger charge is -2.41. The number of ether oxygens (including phenoxy) is 1. The normalized spacial score (nSPS) is 22.0. The summed E-state index contributed by atoms with van der Waals surface area (Å²) < 4.78 is 4.93. The maximum Gasteiger partial charge on any atom is 0.325 e. The highest BCUT2D eigenvalue weighted by molar-refractivity contribution is 5.80. The summed E-state index contributed by atoms with van der Waals surface area (Å²) in [7, 11) is 3.28. The Balaban J connectivity index is 2.50. The molecule has 5 heteroatoms. The van der Waals surface area contributed by atoms with Gasteiger partial charge in [-0.15, -0.1) is 0 Å². The van der Waals surface area contributed by atoms with Gasteiger partial charge in [-0.2, -0.15) is 0 Å². The topological polar surface area (TPSA) is 44.8 Å². The van der Waals surface area contributed by atoms with E-state index in [0.717, 1.165) is 38.5 Å². The van der Waals surface area contributed by atoms with Gasteiger partial charge in [0.25, 0.3) is 0 Å². The highest BCUT2D eigenvalue weighted by Gasteiger charge is 2.36. The molecule has 0 radical (unpaired) electrons. The fraction of sp³-hybridized carbons (Fsp3) is 0.938. The van der Waals surface area contributed by atoms with Crippen molar-refractivity contribution >= 4 is 5.97 Å². The molecule has 2 atom stereocenters. The van der Waals surface area contributed by atoms with Crippen LogP contribution in [-0.4, -0.2) is 74.2 Å². The van der Waals surface area contributed by atoms with Crippen LogP contribution in [0.2, 0.25) is 0 Å². The summed E-state index contributed by atoms with van der Waals surface area (Å²) in [5.41, 5.74) is -0.608. The van der Waals surface area contributed by atoms with E-state index in [-0.39, 0.29) is 5.97 Å². The minimum atomic E-state index is -0.608. The number of carbonyl (C=O) groups excluding carboxylic acids is 1. The summed E-state index contributed by atoms with van der Waals surface area (Å²) in [5, 5.41) is 3.12. The van der Waals surface area contributed by atoms with Gasteiger partial charge in [0.15, 0.2) is 0 Å². The van der Waals surface area contributed by atoms with E-state index in [1.165, 1.54) is 13.7 Å². The maximum absolute atomic E-state index is 11.9. The summed E-state index contributed by atoms with van der Waals surface area (Å²) in [6.45, 7) is 14.2. The molecule has 2 unspecified atom stereocenters. The lowest BCUT2D eigenvalue weighted by molar-refractivity contribution is -0.148. The zero-order chi connectivity index (χ0) is 16.0. The molecule has 21 heavy (non-hydrogen) atoms. The molecule has 0 bridgehead atoms. The fourth-order valence-corrected chi connectivity index (χ4v) is 3.14. The molecule has 5 nitrogen and oxygen atoms in total. The number of carbonyl (C=O) groups is 1.